The minimum Gasteiger partial charge on any atom is -0.326 e. The summed E-state index contributed by atoms with van der Waals surface area (Å²) in [6.45, 7) is 1.38. The molecule has 0 unspecified atom stereocenters. The van der Waals surface area contributed by atoms with Gasteiger partial charge >= 0.3 is 0 Å². The molecule has 81 valence electrons. The van der Waals surface area contributed by atoms with Crippen molar-refractivity contribution >= 4 is 22.9 Å². The van der Waals surface area contributed by atoms with Crippen molar-refractivity contribution in [2.45, 2.75) is 6.92 Å². The molecule has 1 radical (unpaired) electrons. The Morgan fingerprint density at radius 3 is 3.00 bits per heavy atom. The second-order valence-corrected chi connectivity index (χ2v) is 3.85. The summed E-state index contributed by atoms with van der Waals surface area (Å²) in [5.41, 5.74) is 4.50. The minimum absolute atomic E-state index is 0.244. The molecule has 0 saturated heterocycles. The fourth-order valence-electron chi connectivity index (χ4n) is 1.34. The number of hydrogen-bond acceptors (Lipinski definition) is 3. The van der Waals surface area contributed by atoms with E-state index in [-0.39, 0.29) is 5.91 Å². The number of aromatic nitrogens is 1. The normalized spacial score (nSPS) is 10.1. The van der Waals surface area contributed by atoms with E-state index >= 15 is 0 Å². The summed E-state index contributed by atoms with van der Waals surface area (Å²) in [6.07, 6.45) is 0. The molecule has 0 saturated carbocycles. The van der Waals surface area contributed by atoms with Gasteiger partial charge in [-0.2, -0.15) is 0 Å². The lowest BCUT2D eigenvalue weighted by atomic mass is 10.1. The van der Waals surface area contributed by atoms with E-state index in [9.17, 15) is 9.18 Å². The summed E-state index contributed by atoms with van der Waals surface area (Å²) in [4.78, 5) is 15.0. The number of halogens is 1. The molecule has 1 aromatic carbocycles. The summed E-state index contributed by atoms with van der Waals surface area (Å²) in [6, 6.07) is 4.19. The van der Waals surface area contributed by atoms with Gasteiger partial charge in [0.25, 0.3) is 0 Å². The van der Waals surface area contributed by atoms with Crippen molar-refractivity contribution in [3.63, 3.8) is 0 Å². The molecule has 1 heterocycles. The van der Waals surface area contributed by atoms with Crippen LogP contribution in [0.1, 0.15) is 6.92 Å². The monoisotopic (exact) mass is 235 g/mol. The van der Waals surface area contributed by atoms with Gasteiger partial charge in [0.2, 0.25) is 5.91 Å². The molecule has 0 spiro atoms. The van der Waals surface area contributed by atoms with Gasteiger partial charge < -0.3 is 5.32 Å². The maximum atomic E-state index is 13.1. The van der Waals surface area contributed by atoms with Crippen LogP contribution in [0.4, 0.5) is 10.1 Å². The number of benzene rings is 1. The molecule has 0 aliphatic carbocycles. The Hall–Kier alpha value is -1.75. The predicted octanol–water partition coefficient (Wildman–Crippen LogP) is 2.71. The molecule has 2 aromatic rings. The molecule has 3 nitrogen and oxygen atoms in total. The molecule has 1 N–H and O–H groups in total. The van der Waals surface area contributed by atoms with Gasteiger partial charge in [-0.15, -0.1) is 11.3 Å². The quantitative estimate of drug-likeness (QED) is 0.869. The van der Waals surface area contributed by atoms with Crippen molar-refractivity contribution in [3.05, 3.63) is 34.9 Å². The molecule has 0 fully saturated rings. The third-order valence-electron chi connectivity index (χ3n) is 1.96. The van der Waals surface area contributed by atoms with Gasteiger partial charge in [-0.1, -0.05) is 0 Å². The second-order valence-electron chi connectivity index (χ2n) is 3.20. The van der Waals surface area contributed by atoms with Crippen molar-refractivity contribution < 1.29 is 9.18 Å². The highest BCUT2D eigenvalue weighted by Crippen LogP contribution is 2.28. The van der Waals surface area contributed by atoms with E-state index in [0.717, 1.165) is 0 Å². The number of rotatable bonds is 2. The zero-order chi connectivity index (χ0) is 11.5. The smallest absolute Gasteiger partial charge is 0.221 e. The summed E-state index contributed by atoms with van der Waals surface area (Å²) < 4.78 is 13.1. The van der Waals surface area contributed by atoms with Crippen LogP contribution in [0.25, 0.3) is 11.3 Å². The lowest BCUT2D eigenvalue weighted by Crippen LogP contribution is -2.07. The molecular weight excluding hydrogens is 227 g/mol. The number of nitrogens with zero attached hydrogens (tertiary/aromatic N) is 1. The zero-order valence-electron chi connectivity index (χ0n) is 8.45. The number of anilines is 1. The van der Waals surface area contributed by atoms with Gasteiger partial charge in [-0.3, -0.25) is 4.79 Å². The number of hydrogen-bond donors (Lipinski definition) is 1. The lowest BCUT2D eigenvalue weighted by molar-refractivity contribution is -0.114. The fraction of sp³-hybridized carbons (Fsp3) is 0.0909. The van der Waals surface area contributed by atoms with Gasteiger partial charge in [-0.05, 0) is 18.2 Å². The largest absolute Gasteiger partial charge is 0.326 e. The van der Waals surface area contributed by atoms with Crippen LogP contribution in [0, 0.1) is 11.3 Å². The van der Waals surface area contributed by atoms with Gasteiger partial charge in [0.15, 0.2) is 5.51 Å². The number of carbonyl (C=O) groups excluding carboxylic acids is 1. The van der Waals surface area contributed by atoms with Crippen LogP contribution < -0.4 is 5.32 Å². The lowest BCUT2D eigenvalue weighted by Gasteiger charge is -2.07. The van der Waals surface area contributed by atoms with E-state index in [1.54, 1.807) is 11.4 Å². The Morgan fingerprint density at radius 2 is 2.38 bits per heavy atom. The Morgan fingerprint density at radius 1 is 1.56 bits per heavy atom. The number of nitrogens with one attached hydrogen (secondary N) is 1. The van der Waals surface area contributed by atoms with Gasteiger partial charge in [-0.25, -0.2) is 9.37 Å². The zero-order valence-corrected chi connectivity index (χ0v) is 9.27. The number of amides is 1. The Labute approximate surface area is 96.0 Å². The van der Waals surface area contributed by atoms with Crippen LogP contribution in [0.2, 0.25) is 0 Å². The molecule has 1 aromatic heterocycles. The standard InChI is InChI=1S/C11H8FN2OS/c1-7(15)14-10-4-8(12)2-3-9(10)11-5-16-6-13-11/h2-5H,1H3,(H,14,15). The van der Waals surface area contributed by atoms with Crippen molar-refractivity contribution in [2.24, 2.45) is 0 Å². The fourth-order valence-corrected chi connectivity index (χ4v) is 1.84. The van der Waals surface area contributed by atoms with Crippen LogP contribution in [0.15, 0.2) is 23.6 Å². The highest BCUT2D eigenvalue weighted by molar-refractivity contribution is 7.07. The summed E-state index contributed by atoms with van der Waals surface area (Å²) in [5, 5.41) is 4.36. The molecule has 1 amide bonds. The van der Waals surface area contributed by atoms with Crippen molar-refractivity contribution in [2.75, 3.05) is 5.32 Å². The first-order valence-corrected chi connectivity index (χ1v) is 5.44. The molecular formula is C11H8FN2OS. The summed E-state index contributed by atoms with van der Waals surface area (Å²) in [7, 11) is 0. The van der Waals surface area contributed by atoms with Gasteiger partial charge in [0, 0.05) is 17.9 Å². The van der Waals surface area contributed by atoms with Gasteiger partial charge in [0.1, 0.15) is 5.82 Å². The first-order chi connectivity index (χ1) is 7.66. The molecule has 5 heteroatoms. The van der Waals surface area contributed by atoms with E-state index in [1.807, 2.05) is 0 Å². The molecule has 2 rings (SSSR count). The SMILES string of the molecule is CC(=O)Nc1cc(F)ccc1-c1cs[c]n1. The Balaban J connectivity index is 2.48. The van der Waals surface area contributed by atoms with E-state index in [2.05, 4.69) is 15.8 Å². The van der Waals surface area contributed by atoms with Crippen molar-refractivity contribution in [1.82, 2.24) is 4.98 Å². The van der Waals surface area contributed by atoms with E-state index in [0.29, 0.717) is 16.9 Å². The van der Waals surface area contributed by atoms with Crippen LogP contribution in [0.5, 0.6) is 0 Å². The van der Waals surface area contributed by atoms with Crippen LogP contribution >= 0.6 is 11.3 Å². The van der Waals surface area contributed by atoms with Crippen LogP contribution in [-0.2, 0) is 4.79 Å². The average molecular weight is 235 g/mol. The first kappa shape index (κ1) is 10.8. The van der Waals surface area contributed by atoms with Crippen LogP contribution in [0.3, 0.4) is 0 Å². The van der Waals surface area contributed by atoms with E-state index < -0.39 is 5.82 Å². The molecule has 0 bridgehead atoms. The van der Waals surface area contributed by atoms with Crippen molar-refractivity contribution in [3.8, 4) is 11.3 Å². The Bertz CT molecular complexity index is 511. The topological polar surface area (TPSA) is 42.0 Å². The third-order valence-corrected chi connectivity index (χ3v) is 2.50. The molecule has 16 heavy (non-hydrogen) atoms. The molecule has 0 aliphatic rings. The number of carbonyl (C=O) groups is 1. The van der Waals surface area contributed by atoms with Crippen LogP contribution in [-0.4, -0.2) is 10.9 Å². The summed E-state index contributed by atoms with van der Waals surface area (Å²) in [5.74, 6) is -0.641. The summed E-state index contributed by atoms with van der Waals surface area (Å²) >= 11 is 1.32. The second kappa shape index (κ2) is 4.40. The maximum Gasteiger partial charge on any atom is 0.221 e. The highest BCUT2D eigenvalue weighted by Gasteiger charge is 2.09. The van der Waals surface area contributed by atoms with E-state index in [1.165, 1.54) is 30.4 Å². The molecule has 0 atom stereocenters. The van der Waals surface area contributed by atoms with Crippen molar-refractivity contribution in [1.29, 1.82) is 0 Å². The Kier molecular flexibility index (Phi) is 2.96. The first-order valence-electron chi connectivity index (χ1n) is 4.56. The minimum atomic E-state index is -0.397. The number of thiazole rings is 1. The third kappa shape index (κ3) is 2.25. The molecule has 0 aliphatic heterocycles. The van der Waals surface area contributed by atoms with E-state index in [4.69, 9.17) is 0 Å². The maximum absolute atomic E-state index is 13.1. The highest BCUT2D eigenvalue weighted by atomic mass is 32.1. The average Bonchev–Trinajstić information content (AvgIpc) is 2.69. The van der Waals surface area contributed by atoms with Gasteiger partial charge in [0.05, 0.1) is 11.4 Å². The predicted molar refractivity (Wildman–Crippen MR) is 60.6 cm³/mol.